The fourth-order valence-corrected chi connectivity index (χ4v) is 4.86. The summed E-state index contributed by atoms with van der Waals surface area (Å²) >= 11 is 12.1. The zero-order valence-electron chi connectivity index (χ0n) is 18.8. The maximum atomic E-state index is 13.4. The second-order valence-corrected chi connectivity index (χ2v) is 9.57. The summed E-state index contributed by atoms with van der Waals surface area (Å²) in [5.41, 5.74) is 0.399. The van der Waals surface area contributed by atoms with E-state index in [1.165, 1.54) is 15.6 Å². The van der Waals surface area contributed by atoms with Crippen molar-refractivity contribution in [3.8, 4) is 0 Å². The molecule has 2 aromatic heterocycles. The SMILES string of the molecule is CN(C)C1(Nc2nc3c(c(=O)n(Cc4ccc(Cl)c(Cl)c4)c(=O)n3C)n2C)CCCCC1. The van der Waals surface area contributed by atoms with E-state index in [0.717, 1.165) is 25.7 Å². The predicted molar refractivity (Wildman–Crippen MR) is 129 cm³/mol. The Hall–Kier alpha value is -2.29. The van der Waals surface area contributed by atoms with Crippen molar-refractivity contribution >= 4 is 40.3 Å². The van der Waals surface area contributed by atoms with Crippen molar-refractivity contribution in [3.05, 3.63) is 54.6 Å². The second-order valence-electron chi connectivity index (χ2n) is 8.76. The van der Waals surface area contributed by atoms with Crippen LogP contribution in [0, 0.1) is 0 Å². The van der Waals surface area contributed by atoms with Crippen LogP contribution in [0.3, 0.4) is 0 Å². The monoisotopic (exact) mass is 478 g/mol. The van der Waals surface area contributed by atoms with Crippen molar-refractivity contribution in [2.24, 2.45) is 14.1 Å². The van der Waals surface area contributed by atoms with Gasteiger partial charge in [-0.15, -0.1) is 0 Å². The molecule has 1 saturated carbocycles. The Bertz CT molecular complexity index is 1280. The third-order valence-corrected chi connectivity index (χ3v) is 7.30. The molecule has 1 N–H and O–H groups in total. The quantitative estimate of drug-likeness (QED) is 0.568. The van der Waals surface area contributed by atoms with E-state index >= 15 is 0 Å². The van der Waals surface area contributed by atoms with Gasteiger partial charge in [-0.3, -0.25) is 18.8 Å². The molecule has 0 amide bonds. The van der Waals surface area contributed by atoms with Crippen LogP contribution in [0.2, 0.25) is 10.0 Å². The van der Waals surface area contributed by atoms with Gasteiger partial charge in [-0.25, -0.2) is 4.79 Å². The van der Waals surface area contributed by atoms with Crippen LogP contribution >= 0.6 is 23.2 Å². The highest BCUT2D eigenvalue weighted by Gasteiger charge is 2.35. The Morgan fingerprint density at radius 2 is 1.75 bits per heavy atom. The molecule has 0 radical (unpaired) electrons. The first-order valence-electron chi connectivity index (χ1n) is 10.7. The first kappa shape index (κ1) is 22.9. The van der Waals surface area contributed by atoms with E-state index in [1.54, 1.807) is 36.9 Å². The molecule has 1 fully saturated rings. The maximum absolute atomic E-state index is 13.4. The summed E-state index contributed by atoms with van der Waals surface area (Å²) in [4.78, 5) is 33.3. The Balaban J connectivity index is 1.81. The number of rotatable bonds is 5. The molecule has 10 heteroatoms. The fraction of sp³-hybridized carbons (Fsp3) is 0.500. The molecule has 32 heavy (non-hydrogen) atoms. The first-order chi connectivity index (χ1) is 15.1. The van der Waals surface area contributed by atoms with Gasteiger partial charge in [0.05, 0.1) is 22.3 Å². The van der Waals surface area contributed by atoms with Crippen LogP contribution in [0.25, 0.3) is 11.2 Å². The zero-order valence-corrected chi connectivity index (χ0v) is 20.3. The summed E-state index contributed by atoms with van der Waals surface area (Å²) in [6.07, 6.45) is 5.45. The standard InChI is InChI=1S/C22H28Cl2N6O2/c1-27(2)22(10-6-5-7-11-22)26-20-25-18-17(28(20)3)19(31)30(21(32)29(18)4)13-14-8-9-15(23)16(24)12-14/h8-9,12H,5-7,10-11,13H2,1-4H3,(H,25,26). The van der Waals surface area contributed by atoms with Gasteiger partial charge >= 0.3 is 5.69 Å². The molecule has 3 aromatic rings. The van der Waals surface area contributed by atoms with Gasteiger partial charge < -0.3 is 9.88 Å². The minimum absolute atomic E-state index is 0.0912. The number of hydrogen-bond donors (Lipinski definition) is 1. The Kier molecular flexibility index (Phi) is 6.13. The summed E-state index contributed by atoms with van der Waals surface area (Å²) in [7, 11) is 7.55. The van der Waals surface area contributed by atoms with Crippen molar-refractivity contribution in [2.45, 2.75) is 44.3 Å². The van der Waals surface area contributed by atoms with Crippen molar-refractivity contribution in [3.63, 3.8) is 0 Å². The lowest BCUT2D eigenvalue weighted by atomic mass is 9.88. The van der Waals surface area contributed by atoms with Crippen LogP contribution in [0.4, 0.5) is 5.95 Å². The van der Waals surface area contributed by atoms with E-state index in [9.17, 15) is 9.59 Å². The van der Waals surface area contributed by atoms with Gasteiger partial charge in [0.1, 0.15) is 0 Å². The van der Waals surface area contributed by atoms with Crippen LogP contribution in [0.5, 0.6) is 0 Å². The number of imidazole rings is 1. The number of aromatic nitrogens is 4. The summed E-state index contributed by atoms with van der Waals surface area (Å²) in [6, 6.07) is 5.08. The van der Waals surface area contributed by atoms with Gasteiger partial charge in [-0.05, 0) is 57.5 Å². The minimum atomic E-state index is -0.432. The van der Waals surface area contributed by atoms with Crippen molar-refractivity contribution in [1.82, 2.24) is 23.6 Å². The molecule has 2 heterocycles. The summed E-state index contributed by atoms with van der Waals surface area (Å²) in [5.74, 6) is 0.579. The van der Waals surface area contributed by atoms with Crippen molar-refractivity contribution in [2.75, 3.05) is 19.4 Å². The molecule has 0 saturated heterocycles. The van der Waals surface area contributed by atoms with Gasteiger partial charge in [0, 0.05) is 14.1 Å². The molecule has 0 aliphatic heterocycles. The molecule has 1 aliphatic rings. The van der Waals surface area contributed by atoms with E-state index in [2.05, 4.69) is 29.3 Å². The third-order valence-electron chi connectivity index (χ3n) is 6.57. The highest BCUT2D eigenvalue weighted by molar-refractivity contribution is 6.42. The third kappa shape index (κ3) is 3.84. The molecular formula is C22H28Cl2N6O2. The molecule has 0 bridgehead atoms. The van der Waals surface area contributed by atoms with Gasteiger partial charge in [-0.1, -0.05) is 35.7 Å². The lowest BCUT2D eigenvalue weighted by Gasteiger charge is -2.43. The number of nitrogens with one attached hydrogen (secondary N) is 1. The lowest BCUT2D eigenvalue weighted by molar-refractivity contribution is 0.128. The van der Waals surface area contributed by atoms with E-state index in [-0.39, 0.29) is 17.8 Å². The van der Waals surface area contributed by atoms with Crippen LogP contribution in [0.1, 0.15) is 37.7 Å². The number of hydrogen-bond acceptors (Lipinski definition) is 5. The van der Waals surface area contributed by atoms with Gasteiger partial charge in [0.25, 0.3) is 5.56 Å². The van der Waals surface area contributed by atoms with Gasteiger partial charge in [-0.2, -0.15) is 4.98 Å². The van der Waals surface area contributed by atoms with E-state index < -0.39 is 5.69 Å². The van der Waals surface area contributed by atoms with Crippen LogP contribution in [-0.4, -0.2) is 43.3 Å². The number of halogens is 2. The maximum Gasteiger partial charge on any atom is 0.332 e. The summed E-state index contributed by atoms with van der Waals surface area (Å²) < 4.78 is 4.38. The van der Waals surface area contributed by atoms with E-state index in [4.69, 9.17) is 23.2 Å². The van der Waals surface area contributed by atoms with Crippen LogP contribution in [0.15, 0.2) is 27.8 Å². The highest BCUT2D eigenvalue weighted by Crippen LogP contribution is 2.33. The number of nitrogens with zero attached hydrogens (tertiary/aromatic N) is 5. The predicted octanol–water partition coefficient (Wildman–Crippen LogP) is 3.42. The number of aryl methyl sites for hydroxylation is 2. The largest absolute Gasteiger partial charge is 0.337 e. The smallest absolute Gasteiger partial charge is 0.332 e. The van der Waals surface area contributed by atoms with E-state index in [0.29, 0.717) is 32.7 Å². The van der Waals surface area contributed by atoms with Crippen LogP contribution < -0.4 is 16.6 Å². The van der Waals surface area contributed by atoms with Crippen molar-refractivity contribution in [1.29, 1.82) is 0 Å². The Labute approximate surface area is 196 Å². The summed E-state index contributed by atoms with van der Waals surface area (Å²) in [5, 5.41) is 4.39. The van der Waals surface area contributed by atoms with Gasteiger partial charge in [0.15, 0.2) is 11.2 Å². The molecule has 0 atom stereocenters. The number of anilines is 1. The van der Waals surface area contributed by atoms with Gasteiger partial charge in [0.2, 0.25) is 5.95 Å². The van der Waals surface area contributed by atoms with E-state index in [1.807, 2.05) is 0 Å². The fourth-order valence-electron chi connectivity index (χ4n) is 4.54. The Morgan fingerprint density at radius 3 is 2.38 bits per heavy atom. The zero-order chi connectivity index (χ0) is 23.2. The topological polar surface area (TPSA) is 77.1 Å². The minimum Gasteiger partial charge on any atom is -0.337 e. The molecule has 172 valence electrons. The molecule has 1 aliphatic carbocycles. The molecule has 0 unspecified atom stereocenters. The second kappa shape index (κ2) is 8.57. The molecule has 1 aromatic carbocycles. The average molecular weight is 479 g/mol. The number of benzene rings is 1. The Morgan fingerprint density at radius 1 is 1.06 bits per heavy atom. The molecular weight excluding hydrogens is 451 g/mol. The lowest BCUT2D eigenvalue weighted by Crippen LogP contribution is -2.52. The van der Waals surface area contributed by atoms with Crippen LogP contribution in [-0.2, 0) is 20.6 Å². The number of fused-ring (bicyclic) bond motifs is 1. The summed E-state index contributed by atoms with van der Waals surface area (Å²) in [6.45, 7) is 0.0912. The molecule has 4 rings (SSSR count). The normalized spacial score (nSPS) is 16.1. The molecule has 8 nitrogen and oxygen atoms in total. The molecule has 0 spiro atoms. The first-order valence-corrected chi connectivity index (χ1v) is 11.5. The van der Waals surface area contributed by atoms with Crippen molar-refractivity contribution < 1.29 is 0 Å². The highest BCUT2D eigenvalue weighted by atomic mass is 35.5. The average Bonchev–Trinajstić information content (AvgIpc) is 3.09.